The van der Waals surface area contributed by atoms with Gasteiger partial charge in [0.05, 0.1) is 31.6 Å². The molecule has 0 fully saturated rings. The Bertz CT molecular complexity index is 1770. The number of carbonyl (C=O) groups excluding carboxylic acids is 1. The molecule has 194 valence electrons. The van der Waals surface area contributed by atoms with Crippen molar-refractivity contribution in [3.05, 3.63) is 101 Å². The van der Waals surface area contributed by atoms with Crippen LogP contribution in [0.1, 0.15) is 23.5 Å². The van der Waals surface area contributed by atoms with Crippen molar-refractivity contribution < 1.29 is 28.2 Å². The van der Waals surface area contributed by atoms with Gasteiger partial charge in [-0.3, -0.25) is 9.59 Å². The molecule has 0 amide bonds. The average Bonchev–Trinajstić information content (AvgIpc) is 2.97. The monoisotopic (exact) mass is 522 g/mol. The normalized spacial score (nSPS) is 14.4. The Kier molecular flexibility index (Phi) is 6.16. The van der Waals surface area contributed by atoms with E-state index in [1.165, 1.54) is 13.4 Å². The summed E-state index contributed by atoms with van der Waals surface area (Å²) in [5.74, 6) is 1.10. The molecule has 1 aliphatic heterocycles. The number of fused-ring (bicyclic) bond motifs is 3. The molecule has 5 aromatic rings. The molecular formula is C30H22N2O7. The Morgan fingerprint density at radius 1 is 0.897 bits per heavy atom. The third kappa shape index (κ3) is 4.44. The number of carbonyl (C=O) groups is 1. The second-order valence-electron chi connectivity index (χ2n) is 8.84. The fraction of sp³-hybridized carbons (Fsp3) is 0.133. The van der Waals surface area contributed by atoms with Gasteiger partial charge in [0, 0.05) is 23.9 Å². The van der Waals surface area contributed by atoms with Gasteiger partial charge in [-0.25, -0.2) is 9.97 Å². The van der Waals surface area contributed by atoms with E-state index < -0.39 is 5.92 Å². The van der Waals surface area contributed by atoms with Crippen LogP contribution in [0.2, 0.25) is 0 Å². The quantitative estimate of drug-likeness (QED) is 0.211. The van der Waals surface area contributed by atoms with Crippen LogP contribution in [0, 0.1) is 0 Å². The van der Waals surface area contributed by atoms with E-state index in [-0.39, 0.29) is 23.8 Å². The smallest absolute Gasteiger partial charge is 0.321 e. The third-order valence-electron chi connectivity index (χ3n) is 6.59. The first-order valence-electron chi connectivity index (χ1n) is 12.1. The number of ether oxygens (including phenoxy) is 4. The van der Waals surface area contributed by atoms with Crippen molar-refractivity contribution in [2.45, 2.75) is 12.3 Å². The molecule has 3 aromatic carbocycles. The predicted molar refractivity (Wildman–Crippen MR) is 142 cm³/mol. The molecular weight excluding hydrogens is 500 g/mol. The van der Waals surface area contributed by atoms with Crippen LogP contribution in [0.3, 0.4) is 0 Å². The van der Waals surface area contributed by atoms with Crippen molar-refractivity contribution in [3.8, 4) is 40.1 Å². The highest BCUT2D eigenvalue weighted by molar-refractivity contribution is 5.90. The molecule has 0 aliphatic carbocycles. The van der Waals surface area contributed by atoms with Gasteiger partial charge in [0.2, 0.25) is 5.43 Å². The maximum absolute atomic E-state index is 13.7. The van der Waals surface area contributed by atoms with Crippen LogP contribution in [0.5, 0.6) is 29.0 Å². The number of nitrogens with zero attached hydrogens (tertiary/aromatic N) is 2. The lowest BCUT2D eigenvalue weighted by atomic mass is 9.85. The third-order valence-corrected chi connectivity index (χ3v) is 6.59. The second kappa shape index (κ2) is 9.94. The van der Waals surface area contributed by atoms with Gasteiger partial charge in [0.15, 0.2) is 11.5 Å². The van der Waals surface area contributed by atoms with E-state index in [2.05, 4.69) is 9.97 Å². The Morgan fingerprint density at radius 2 is 1.72 bits per heavy atom. The number of esters is 1. The van der Waals surface area contributed by atoms with Crippen molar-refractivity contribution >= 4 is 16.9 Å². The summed E-state index contributed by atoms with van der Waals surface area (Å²) in [7, 11) is 3.08. The summed E-state index contributed by atoms with van der Waals surface area (Å²) in [6, 6.07) is 17.7. The lowest BCUT2D eigenvalue weighted by molar-refractivity contribution is -0.135. The van der Waals surface area contributed by atoms with E-state index in [1.54, 1.807) is 62.0 Å². The molecule has 0 spiro atoms. The zero-order valence-corrected chi connectivity index (χ0v) is 21.0. The number of benzene rings is 3. The number of aromatic nitrogens is 2. The Hall–Kier alpha value is -5.18. The fourth-order valence-corrected chi connectivity index (χ4v) is 4.78. The summed E-state index contributed by atoms with van der Waals surface area (Å²) >= 11 is 0. The molecule has 0 saturated heterocycles. The van der Waals surface area contributed by atoms with Gasteiger partial charge < -0.3 is 23.4 Å². The molecule has 9 nitrogen and oxygen atoms in total. The molecule has 0 N–H and O–H groups in total. The summed E-state index contributed by atoms with van der Waals surface area (Å²) < 4.78 is 28.2. The van der Waals surface area contributed by atoms with Gasteiger partial charge in [-0.15, -0.1) is 0 Å². The lowest BCUT2D eigenvalue weighted by Gasteiger charge is -2.25. The summed E-state index contributed by atoms with van der Waals surface area (Å²) in [6.45, 7) is 0. The van der Waals surface area contributed by atoms with E-state index in [1.807, 2.05) is 18.2 Å². The van der Waals surface area contributed by atoms with Crippen molar-refractivity contribution in [1.29, 1.82) is 0 Å². The van der Waals surface area contributed by atoms with Gasteiger partial charge in [-0.1, -0.05) is 18.2 Å². The standard InChI is InChI=1S/C30H22N2O7/c1-35-23-9-7-18(14-25(23)36-2)22-16-37-29-20(28(22)34)8-10-24-27(29)21(15-26(33)39-24)17-5-3-6-19(13-17)38-30-31-11-4-12-32-30/h3-14,16,21H,15H2,1-2H3/t21-/m0/s1. The summed E-state index contributed by atoms with van der Waals surface area (Å²) in [6.07, 6.45) is 4.67. The van der Waals surface area contributed by atoms with Gasteiger partial charge >= 0.3 is 12.0 Å². The van der Waals surface area contributed by atoms with E-state index in [0.29, 0.717) is 50.7 Å². The van der Waals surface area contributed by atoms with Crippen molar-refractivity contribution in [2.24, 2.45) is 0 Å². The van der Waals surface area contributed by atoms with Crippen LogP contribution < -0.4 is 24.4 Å². The molecule has 1 atom stereocenters. The predicted octanol–water partition coefficient (Wildman–Crippen LogP) is 5.50. The van der Waals surface area contributed by atoms with Crippen molar-refractivity contribution in [2.75, 3.05) is 14.2 Å². The molecule has 0 unspecified atom stereocenters. The summed E-state index contributed by atoms with van der Waals surface area (Å²) in [4.78, 5) is 34.4. The van der Waals surface area contributed by atoms with Crippen LogP contribution in [0.15, 0.2) is 88.5 Å². The van der Waals surface area contributed by atoms with Gasteiger partial charge in [0.25, 0.3) is 0 Å². The molecule has 9 heteroatoms. The first-order chi connectivity index (χ1) is 19.1. The molecule has 0 bridgehead atoms. The minimum absolute atomic E-state index is 0.0680. The second-order valence-corrected chi connectivity index (χ2v) is 8.84. The molecule has 2 aromatic heterocycles. The van der Waals surface area contributed by atoms with Crippen LogP contribution in [0.4, 0.5) is 0 Å². The molecule has 6 rings (SSSR count). The number of methoxy groups -OCH3 is 2. The SMILES string of the molecule is COc1ccc(-c2coc3c4c(ccc3c2=O)OC(=O)C[C@H]4c2cccc(Oc3ncccn3)c2)cc1OC. The highest BCUT2D eigenvalue weighted by Gasteiger charge is 2.32. The summed E-state index contributed by atoms with van der Waals surface area (Å²) in [5, 5.41) is 0.370. The molecule has 0 radical (unpaired) electrons. The van der Waals surface area contributed by atoms with Gasteiger partial charge in [-0.05, 0) is 53.6 Å². The zero-order chi connectivity index (χ0) is 26.9. The number of hydrogen-bond acceptors (Lipinski definition) is 9. The highest BCUT2D eigenvalue weighted by Crippen LogP contribution is 2.43. The van der Waals surface area contributed by atoms with Crippen LogP contribution in [0.25, 0.3) is 22.1 Å². The number of hydrogen-bond donors (Lipinski definition) is 0. The molecule has 1 aliphatic rings. The maximum Gasteiger partial charge on any atom is 0.321 e. The molecule has 39 heavy (non-hydrogen) atoms. The van der Waals surface area contributed by atoms with Gasteiger partial charge in [0.1, 0.15) is 23.3 Å². The minimum Gasteiger partial charge on any atom is -0.493 e. The van der Waals surface area contributed by atoms with Crippen molar-refractivity contribution in [3.63, 3.8) is 0 Å². The fourth-order valence-electron chi connectivity index (χ4n) is 4.78. The van der Waals surface area contributed by atoms with Crippen LogP contribution in [-0.2, 0) is 4.79 Å². The highest BCUT2D eigenvalue weighted by atomic mass is 16.5. The zero-order valence-electron chi connectivity index (χ0n) is 21.0. The molecule has 0 saturated carbocycles. The maximum atomic E-state index is 13.7. The number of rotatable bonds is 6. The lowest BCUT2D eigenvalue weighted by Crippen LogP contribution is -2.22. The Morgan fingerprint density at radius 3 is 2.51 bits per heavy atom. The van der Waals surface area contributed by atoms with E-state index in [4.69, 9.17) is 23.4 Å². The summed E-state index contributed by atoms with van der Waals surface area (Å²) in [5.41, 5.74) is 2.54. The van der Waals surface area contributed by atoms with Gasteiger partial charge in [-0.2, -0.15) is 0 Å². The topological polar surface area (TPSA) is 110 Å². The largest absolute Gasteiger partial charge is 0.493 e. The van der Waals surface area contributed by atoms with Crippen molar-refractivity contribution in [1.82, 2.24) is 9.97 Å². The minimum atomic E-state index is -0.430. The average molecular weight is 523 g/mol. The molecule has 3 heterocycles. The van der Waals surface area contributed by atoms with Crippen LogP contribution >= 0.6 is 0 Å². The first kappa shape index (κ1) is 24.2. The van der Waals surface area contributed by atoms with Crippen LogP contribution in [-0.4, -0.2) is 30.2 Å². The Balaban J connectivity index is 1.45. The van der Waals surface area contributed by atoms with E-state index >= 15 is 0 Å². The van der Waals surface area contributed by atoms with E-state index in [9.17, 15) is 9.59 Å². The first-order valence-corrected chi connectivity index (χ1v) is 12.1. The van der Waals surface area contributed by atoms with E-state index in [0.717, 1.165) is 5.56 Å². The Labute approximate surface area is 222 Å².